The maximum Gasteiger partial charge on any atom is 1.00 e. The van der Waals surface area contributed by atoms with Gasteiger partial charge in [0.15, 0.2) is 0 Å². The number of hydrogen-bond acceptors (Lipinski definition) is 4. The van der Waals surface area contributed by atoms with Crippen molar-refractivity contribution in [3.63, 3.8) is 0 Å². The molecule has 0 bridgehead atoms. The van der Waals surface area contributed by atoms with Crippen molar-refractivity contribution in [2.24, 2.45) is 0 Å². The van der Waals surface area contributed by atoms with E-state index >= 15 is 0 Å². The van der Waals surface area contributed by atoms with Crippen LogP contribution < -0.4 is 29.6 Å². The minimum absolute atomic E-state index is 0. The smallest absolute Gasteiger partial charge is 0.748 e. The van der Waals surface area contributed by atoms with E-state index in [4.69, 9.17) is 5.11 Å². The van der Waals surface area contributed by atoms with Gasteiger partial charge in [-0.25, -0.2) is 8.42 Å². The third-order valence-electron chi connectivity index (χ3n) is 5.97. The Bertz CT molecular complexity index is 429. The van der Waals surface area contributed by atoms with E-state index in [0.29, 0.717) is 12.8 Å². The number of aliphatic hydroxyl groups is 1. The molecule has 0 spiro atoms. The predicted molar refractivity (Wildman–Crippen MR) is 123 cm³/mol. The monoisotopic (exact) mass is 456 g/mol. The summed E-state index contributed by atoms with van der Waals surface area (Å²) >= 11 is 0. The molecule has 0 amide bonds. The average molecular weight is 457 g/mol. The molecule has 0 aliphatic rings. The van der Waals surface area contributed by atoms with Crippen molar-refractivity contribution >= 4 is 10.1 Å². The topological polar surface area (TPSA) is 77.4 Å². The summed E-state index contributed by atoms with van der Waals surface area (Å²) in [6.07, 6.45) is 23.6. The first-order valence-electron chi connectivity index (χ1n) is 12.6. The maximum absolute atomic E-state index is 11.4. The second kappa shape index (κ2) is 24.5. The molecular formula is C24H49NaO4S. The summed E-state index contributed by atoms with van der Waals surface area (Å²) in [5.74, 6) is 0. The third kappa shape index (κ3) is 23.5. The standard InChI is InChI=1S/C24H50O4S.Na/c1-2-3-4-5-6-7-8-9-10-11-12-13-14-15-18-21-24(29(26,27)28)22-19-16-17-20-23-25;/h24-25H,2-23H2,1H3,(H,26,27,28);/q;+1/p-1. The van der Waals surface area contributed by atoms with Gasteiger partial charge in [-0.3, -0.25) is 0 Å². The van der Waals surface area contributed by atoms with E-state index in [2.05, 4.69) is 6.92 Å². The quantitative estimate of drug-likeness (QED) is 0.143. The summed E-state index contributed by atoms with van der Waals surface area (Å²) in [7, 11) is -4.18. The molecule has 1 atom stereocenters. The Hall–Kier alpha value is 0.870. The summed E-state index contributed by atoms with van der Waals surface area (Å²) in [5, 5.41) is 8.05. The van der Waals surface area contributed by atoms with Crippen LogP contribution in [-0.4, -0.2) is 29.9 Å². The van der Waals surface area contributed by atoms with Crippen molar-refractivity contribution in [2.75, 3.05) is 6.61 Å². The van der Waals surface area contributed by atoms with E-state index in [0.717, 1.165) is 44.9 Å². The number of hydrogen-bond donors (Lipinski definition) is 1. The van der Waals surface area contributed by atoms with Gasteiger partial charge in [-0.2, -0.15) is 0 Å². The molecule has 0 saturated heterocycles. The first-order chi connectivity index (χ1) is 14.0. The molecule has 0 rings (SSSR count). The van der Waals surface area contributed by atoms with Crippen molar-refractivity contribution in [1.82, 2.24) is 0 Å². The Morgan fingerprint density at radius 2 is 0.900 bits per heavy atom. The Kier molecular flexibility index (Phi) is 27.0. The molecule has 0 aromatic carbocycles. The minimum atomic E-state index is -4.18. The molecule has 1 unspecified atom stereocenters. The van der Waals surface area contributed by atoms with Gasteiger partial charge in [0.25, 0.3) is 0 Å². The molecule has 0 aliphatic heterocycles. The zero-order valence-electron chi connectivity index (χ0n) is 20.2. The van der Waals surface area contributed by atoms with Crippen LogP contribution in [0.2, 0.25) is 0 Å². The maximum atomic E-state index is 11.4. The zero-order valence-corrected chi connectivity index (χ0v) is 23.0. The molecule has 30 heavy (non-hydrogen) atoms. The second-order valence-corrected chi connectivity index (χ2v) is 10.4. The summed E-state index contributed by atoms with van der Waals surface area (Å²) < 4.78 is 34.3. The summed E-state index contributed by atoms with van der Waals surface area (Å²) in [6.45, 7) is 2.44. The molecule has 0 aromatic rings. The molecule has 4 nitrogen and oxygen atoms in total. The van der Waals surface area contributed by atoms with Gasteiger partial charge >= 0.3 is 29.6 Å². The molecule has 0 radical (unpaired) electrons. The Morgan fingerprint density at radius 3 is 1.20 bits per heavy atom. The second-order valence-electron chi connectivity index (χ2n) is 8.78. The van der Waals surface area contributed by atoms with Crippen LogP contribution in [0.15, 0.2) is 0 Å². The molecule has 0 aliphatic carbocycles. The summed E-state index contributed by atoms with van der Waals surface area (Å²) in [5.41, 5.74) is 0. The fourth-order valence-corrected chi connectivity index (χ4v) is 4.92. The van der Waals surface area contributed by atoms with Gasteiger partial charge < -0.3 is 9.66 Å². The first-order valence-corrected chi connectivity index (χ1v) is 14.0. The van der Waals surface area contributed by atoms with E-state index in [-0.39, 0.29) is 36.2 Å². The fraction of sp³-hybridized carbons (Fsp3) is 1.00. The molecule has 176 valence electrons. The fourth-order valence-electron chi connectivity index (χ4n) is 4.01. The number of unbranched alkanes of at least 4 members (excludes halogenated alkanes) is 17. The molecule has 1 N–H and O–H groups in total. The SMILES string of the molecule is CCCCCCCCCCCCCCCCCC(CCCCCCO)S(=O)(=O)[O-].[Na+]. The van der Waals surface area contributed by atoms with Gasteiger partial charge in [0, 0.05) is 11.9 Å². The van der Waals surface area contributed by atoms with Gasteiger partial charge in [0.2, 0.25) is 0 Å². The van der Waals surface area contributed by atoms with Gasteiger partial charge in [0.05, 0.1) is 10.1 Å². The van der Waals surface area contributed by atoms with Crippen molar-refractivity contribution in [2.45, 2.75) is 147 Å². The van der Waals surface area contributed by atoms with Crippen LogP contribution in [0.5, 0.6) is 0 Å². The minimum Gasteiger partial charge on any atom is -0.748 e. The summed E-state index contributed by atoms with van der Waals surface area (Å²) in [4.78, 5) is 0. The number of aliphatic hydroxyl groups excluding tert-OH is 1. The van der Waals surface area contributed by atoms with E-state index in [9.17, 15) is 13.0 Å². The Balaban J connectivity index is 0. The summed E-state index contributed by atoms with van der Waals surface area (Å²) in [6, 6.07) is 0. The van der Waals surface area contributed by atoms with E-state index in [1.54, 1.807) is 0 Å². The molecule has 6 heteroatoms. The van der Waals surface area contributed by atoms with Crippen LogP contribution in [0.1, 0.15) is 142 Å². The van der Waals surface area contributed by atoms with Gasteiger partial charge in [-0.05, 0) is 19.3 Å². The molecule has 0 heterocycles. The Morgan fingerprint density at radius 1 is 0.600 bits per heavy atom. The van der Waals surface area contributed by atoms with Crippen molar-refractivity contribution in [3.8, 4) is 0 Å². The molecule has 0 aromatic heterocycles. The third-order valence-corrected chi connectivity index (χ3v) is 7.26. The van der Waals surface area contributed by atoms with Gasteiger partial charge in [0.1, 0.15) is 0 Å². The number of rotatable bonds is 23. The normalized spacial score (nSPS) is 12.6. The molecular weight excluding hydrogens is 407 g/mol. The van der Waals surface area contributed by atoms with E-state index in [1.165, 1.54) is 77.0 Å². The van der Waals surface area contributed by atoms with Crippen molar-refractivity contribution in [1.29, 1.82) is 0 Å². The molecule has 0 fully saturated rings. The van der Waals surface area contributed by atoms with Crippen LogP contribution in [0.3, 0.4) is 0 Å². The van der Waals surface area contributed by atoms with Crippen LogP contribution in [0.4, 0.5) is 0 Å². The van der Waals surface area contributed by atoms with Gasteiger partial charge in [-0.1, -0.05) is 122 Å². The van der Waals surface area contributed by atoms with Crippen molar-refractivity contribution in [3.05, 3.63) is 0 Å². The van der Waals surface area contributed by atoms with Crippen LogP contribution in [-0.2, 0) is 10.1 Å². The van der Waals surface area contributed by atoms with Crippen molar-refractivity contribution < 1.29 is 47.6 Å². The van der Waals surface area contributed by atoms with Crippen LogP contribution in [0.25, 0.3) is 0 Å². The molecule has 0 saturated carbocycles. The zero-order chi connectivity index (χ0) is 21.6. The predicted octanol–water partition coefficient (Wildman–Crippen LogP) is 4.11. The van der Waals surface area contributed by atoms with Crippen LogP contribution >= 0.6 is 0 Å². The average Bonchev–Trinajstić information content (AvgIpc) is 2.68. The van der Waals surface area contributed by atoms with E-state index < -0.39 is 15.4 Å². The largest absolute Gasteiger partial charge is 1.00 e. The Labute approximate surface area is 210 Å². The van der Waals surface area contributed by atoms with Gasteiger partial charge in [-0.15, -0.1) is 0 Å². The van der Waals surface area contributed by atoms with Crippen LogP contribution in [0, 0.1) is 0 Å². The van der Waals surface area contributed by atoms with E-state index in [1.807, 2.05) is 0 Å². The first kappa shape index (κ1) is 33.0.